The molecule has 1 heteroatoms. The number of hydrogen-bond acceptors (Lipinski definition) is 1. The van der Waals surface area contributed by atoms with Crippen LogP contribution in [-0.4, -0.2) is 24.5 Å². The van der Waals surface area contributed by atoms with Crippen molar-refractivity contribution in [1.82, 2.24) is 4.90 Å². The molecule has 0 saturated carbocycles. The fourth-order valence-electron chi connectivity index (χ4n) is 1.64. The second-order valence-electron chi connectivity index (χ2n) is 3.54. The monoisotopic (exact) mass is 153 g/mol. The molecule has 0 amide bonds. The van der Waals surface area contributed by atoms with Gasteiger partial charge in [0, 0.05) is 13.1 Å². The van der Waals surface area contributed by atoms with E-state index < -0.39 is 0 Å². The van der Waals surface area contributed by atoms with Crippen LogP contribution in [-0.2, 0) is 0 Å². The van der Waals surface area contributed by atoms with Crippen molar-refractivity contribution in [2.75, 3.05) is 19.6 Å². The minimum Gasteiger partial charge on any atom is -0.303 e. The van der Waals surface area contributed by atoms with Crippen molar-refractivity contribution in [3.05, 3.63) is 11.1 Å². The van der Waals surface area contributed by atoms with Crippen molar-refractivity contribution in [2.45, 2.75) is 33.6 Å². The highest BCUT2D eigenvalue weighted by Crippen LogP contribution is 2.18. The van der Waals surface area contributed by atoms with E-state index in [0.29, 0.717) is 0 Å². The lowest BCUT2D eigenvalue weighted by atomic mass is 10.00. The minimum absolute atomic E-state index is 1.22. The van der Waals surface area contributed by atoms with Crippen LogP contribution in [0.4, 0.5) is 0 Å². The predicted molar refractivity (Wildman–Crippen MR) is 49.7 cm³/mol. The zero-order chi connectivity index (χ0) is 8.27. The van der Waals surface area contributed by atoms with Gasteiger partial charge in [-0.25, -0.2) is 0 Å². The first kappa shape index (κ1) is 8.79. The van der Waals surface area contributed by atoms with Gasteiger partial charge in [-0.2, -0.15) is 0 Å². The van der Waals surface area contributed by atoms with Gasteiger partial charge in [-0.05, 0) is 33.2 Å². The van der Waals surface area contributed by atoms with E-state index in [1.54, 1.807) is 11.1 Å². The summed E-state index contributed by atoms with van der Waals surface area (Å²) in [7, 11) is 0. The molecular weight excluding hydrogens is 134 g/mol. The molecule has 0 aromatic heterocycles. The highest BCUT2D eigenvalue weighted by molar-refractivity contribution is 5.12. The summed E-state index contributed by atoms with van der Waals surface area (Å²) in [6.45, 7) is 10.5. The molecule has 1 heterocycles. The first-order chi connectivity index (χ1) is 5.24. The Labute approximate surface area is 70.1 Å². The van der Waals surface area contributed by atoms with E-state index in [2.05, 4.69) is 25.7 Å². The SMILES string of the molecule is CCN1CCC(=C(C)C)CC1. The molecule has 1 fully saturated rings. The molecule has 0 aliphatic carbocycles. The molecule has 11 heavy (non-hydrogen) atoms. The van der Waals surface area contributed by atoms with E-state index in [0.717, 1.165) is 0 Å². The van der Waals surface area contributed by atoms with Crippen LogP contribution in [0.15, 0.2) is 11.1 Å². The second kappa shape index (κ2) is 3.91. The zero-order valence-corrected chi connectivity index (χ0v) is 7.98. The van der Waals surface area contributed by atoms with Crippen LogP contribution in [0.1, 0.15) is 33.6 Å². The third kappa shape index (κ3) is 2.33. The average Bonchev–Trinajstić information content (AvgIpc) is 2.05. The Morgan fingerprint density at radius 3 is 2.18 bits per heavy atom. The Hall–Kier alpha value is -0.300. The van der Waals surface area contributed by atoms with Crippen LogP contribution >= 0.6 is 0 Å². The number of likely N-dealkylation sites (tertiary alicyclic amines) is 1. The van der Waals surface area contributed by atoms with Gasteiger partial charge in [0.1, 0.15) is 0 Å². The van der Waals surface area contributed by atoms with Crippen molar-refractivity contribution < 1.29 is 0 Å². The summed E-state index contributed by atoms with van der Waals surface area (Å²) >= 11 is 0. The van der Waals surface area contributed by atoms with Crippen molar-refractivity contribution in [2.24, 2.45) is 0 Å². The average molecular weight is 153 g/mol. The van der Waals surface area contributed by atoms with E-state index in [1.165, 1.54) is 32.5 Å². The van der Waals surface area contributed by atoms with Crippen LogP contribution in [0.5, 0.6) is 0 Å². The zero-order valence-electron chi connectivity index (χ0n) is 7.98. The molecule has 0 atom stereocenters. The van der Waals surface area contributed by atoms with Gasteiger partial charge >= 0.3 is 0 Å². The summed E-state index contributed by atoms with van der Waals surface area (Å²) in [5.41, 5.74) is 3.23. The molecule has 1 aliphatic rings. The predicted octanol–water partition coefficient (Wildman–Crippen LogP) is 2.44. The van der Waals surface area contributed by atoms with Crippen molar-refractivity contribution in [1.29, 1.82) is 0 Å². The summed E-state index contributed by atoms with van der Waals surface area (Å²) in [5.74, 6) is 0. The highest BCUT2D eigenvalue weighted by atomic mass is 15.1. The minimum atomic E-state index is 1.22. The Kier molecular flexibility index (Phi) is 3.13. The quantitative estimate of drug-likeness (QED) is 0.523. The van der Waals surface area contributed by atoms with Gasteiger partial charge in [0.25, 0.3) is 0 Å². The fourth-order valence-corrected chi connectivity index (χ4v) is 1.64. The topological polar surface area (TPSA) is 3.24 Å². The molecular formula is C10H19N. The van der Waals surface area contributed by atoms with Crippen molar-refractivity contribution in [3.8, 4) is 0 Å². The summed E-state index contributed by atoms with van der Waals surface area (Å²) in [6.07, 6.45) is 2.60. The molecule has 0 spiro atoms. The van der Waals surface area contributed by atoms with Crippen molar-refractivity contribution >= 4 is 0 Å². The molecule has 1 nitrogen and oxygen atoms in total. The van der Waals surface area contributed by atoms with Gasteiger partial charge in [0.15, 0.2) is 0 Å². The summed E-state index contributed by atoms with van der Waals surface area (Å²) in [6, 6.07) is 0. The molecule has 1 rings (SSSR count). The lowest BCUT2D eigenvalue weighted by Crippen LogP contribution is -2.30. The number of allylic oxidation sites excluding steroid dienone is 1. The summed E-state index contributed by atoms with van der Waals surface area (Å²) in [5, 5.41) is 0. The molecule has 0 aromatic rings. The van der Waals surface area contributed by atoms with Gasteiger partial charge < -0.3 is 4.90 Å². The van der Waals surface area contributed by atoms with Crippen LogP contribution in [0.2, 0.25) is 0 Å². The fraction of sp³-hybridized carbons (Fsp3) is 0.800. The van der Waals surface area contributed by atoms with E-state index in [4.69, 9.17) is 0 Å². The van der Waals surface area contributed by atoms with E-state index >= 15 is 0 Å². The summed E-state index contributed by atoms with van der Waals surface area (Å²) in [4.78, 5) is 2.52. The Morgan fingerprint density at radius 1 is 1.27 bits per heavy atom. The normalized spacial score (nSPS) is 20.5. The molecule has 0 radical (unpaired) electrons. The van der Waals surface area contributed by atoms with Crippen LogP contribution in [0.3, 0.4) is 0 Å². The standard InChI is InChI=1S/C10H19N/c1-4-11-7-5-10(6-8-11)9(2)3/h4-8H2,1-3H3. The smallest absolute Gasteiger partial charge is 0.00187 e. The van der Waals surface area contributed by atoms with Gasteiger partial charge in [0.05, 0.1) is 0 Å². The lowest BCUT2D eigenvalue weighted by molar-refractivity contribution is 0.269. The van der Waals surface area contributed by atoms with Crippen molar-refractivity contribution in [3.63, 3.8) is 0 Å². The maximum Gasteiger partial charge on any atom is 0.00187 e. The largest absolute Gasteiger partial charge is 0.303 e. The summed E-state index contributed by atoms with van der Waals surface area (Å²) < 4.78 is 0. The number of rotatable bonds is 1. The first-order valence-electron chi connectivity index (χ1n) is 4.61. The molecule has 0 N–H and O–H groups in total. The molecule has 0 aromatic carbocycles. The van der Waals surface area contributed by atoms with E-state index in [-0.39, 0.29) is 0 Å². The number of nitrogens with zero attached hydrogens (tertiary/aromatic N) is 1. The van der Waals surface area contributed by atoms with E-state index in [1.807, 2.05) is 0 Å². The number of piperidine rings is 1. The lowest BCUT2D eigenvalue weighted by Gasteiger charge is -2.27. The molecule has 1 saturated heterocycles. The molecule has 1 aliphatic heterocycles. The maximum atomic E-state index is 2.52. The van der Waals surface area contributed by atoms with E-state index in [9.17, 15) is 0 Å². The molecule has 64 valence electrons. The van der Waals surface area contributed by atoms with Crippen LogP contribution in [0.25, 0.3) is 0 Å². The third-order valence-electron chi connectivity index (χ3n) is 2.61. The highest BCUT2D eigenvalue weighted by Gasteiger charge is 2.11. The van der Waals surface area contributed by atoms with Gasteiger partial charge in [-0.3, -0.25) is 0 Å². The van der Waals surface area contributed by atoms with Crippen LogP contribution < -0.4 is 0 Å². The first-order valence-corrected chi connectivity index (χ1v) is 4.61. The third-order valence-corrected chi connectivity index (χ3v) is 2.61. The molecule has 0 bridgehead atoms. The molecule has 0 unspecified atom stereocenters. The van der Waals surface area contributed by atoms with Crippen LogP contribution in [0, 0.1) is 0 Å². The Morgan fingerprint density at radius 2 is 1.82 bits per heavy atom. The Bertz CT molecular complexity index is 144. The van der Waals surface area contributed by atoms with Gasteiger partial charge in [0.2, 0.25) is 0 Å². The maximum absolute atomic E-state index is 2.52. The second-order valence-corrected chi connectivity index (χ2v) is 3.54. The van der Waals surface area contributed by atoms with Gasteiger partial charge in [-0.15, -0.1) is 0 Å². The Balaban J connectivity index is 2.42. The number of hydrogen-bond donors (Lipinski definition) is 0. The van der Waals surface area contributed by atoms with Gasteiger partial charge in [-0.1, -0.05) is 18.1 Å².